The second-order valence-corrected chi connectivity index (χ2v) is 5.33. The van der Waals surface area contributed by atoms with E-state index in [1.165, 1.54) is 18.3 Å². The Labute approximate surface area is 131 Å². The van der Waals surface area contributed by atoms with E-state index in [9.17, 15) is 13.9 Å². The van der Waals surface area contributed by atoms with Crippen LogP contribution in [0.3, 0.4) is 0 Å². The third kappa shape index (κ3) is 4.54. The molecule has 1 aromatic carbocycles. The molecule has 4 nitrogen and oxygen atoms in total. The number of aromatic nitrogens is 1. The largest absolute Gasteiger partial charge is 0.433 e. The molecule has 1 heterocycles. The van der Waals surface area contributed by atoms with Crippen LogP contribution in [0.4, 0.5) is 14.6 Å². The first-order valence-corrected chi connectivity index (χ1v) is 6.88. The van der Waals surface area contributed by atoms with Crippen molar-refractivity contribution < 1.29 is 18.6 Å². The van der Waals surface area contributed by atoms with Crippen LogP contribution in [0.2, 0.25) is 5.02 Å². The van der Waals surface area contributed by atoms with Crippen LogP contribution in [0, 0.1) is 0 Å². The number of alkyl halides is 2. The lowest BCUT2D eigenvalue weighted by molar-refractivity contribution is -0.0500. The molecule has 0 aliphatic rings. The number of halogens is 3. The molecule has 1 atom stereocenters. The smallest absolute Gasteiger partial charge is 0.387 e. The van der Waals surface area contributed by atoms with E-state index in [0.717, 1.165) is 0 Å². The molecule has 0 aliphatic heterocycles. The summed E-state index contributed by atoms with van der Waals surface area (Å²) in [6.07, 6.45) is 1.18. The molecule has 0 fully saturated rings. The van der Waals surface area contributed by atoms with Gasteiger partial charge in [0.25, 0.3) is 0 Å². The molecule has 0 radical (unpaired) electrons. The van der Waals surface area contributed by atoms with Crippen molar-refractivity contribution in [1.82, 2.24) is 4.98 Å². The highest BCUT2D eigenvalue weighted by Gasteiger charge is 2.23. The maximum atomic E-state index is 12.0. The van der Waals surface area contributed by atoms with Gasteiger partial charge in [-0.1, -0.05) is 23.7 Å². The summed E-state index contributed by atoms with van der Waals surface area (Å²) in [6.45, 7) is -1.07. The first-order valence-electron chi connectivity index (χ1n) is 6.50. The third-order valence-corrected chi connectivity index (χ3v) is 3.26. The van der Waals surface area contributed by atoms with Crippen molar-refractivity contribution in [2.45, 2.75) is 19.1 Å². The molecule has 0 spiro atoms. The number of hydrogen-bond acceptors (Lipinski definition) is 4. The second kappa shape index (κ2) is 6.89. The molecule has 1 aromatic heterocycles. The molecular weight excluding hydrogens is 314 g/mol. The summed E-state index contributed by atoms with van der Waals surface area (Å²) in [5.74, 6) is 0.408. The molecule has 22 heavy (non-hydrogen) atoms. The van der Waals surface area contributed by atoms with Crippen LogP contribution in [-0.2, 0) is 5.60 Å². The maximum absolute atomic E-state index is 12.0. The summed E-state index contributed by atoms with van der Waals surface area (Å²) in [4.78, 5) is 3.94. The van der Waals surface area contributed by atoms with Crippen molar-refractivity contribution >= 4 is 17.4 Å². The third-order valence-electron chi connectivity index (χ3n) is 3.02. The highest BCUT2D eigenvalue weighted by Crippen LogP contribution is 2.24. The summed E-state index contributed by atoms with van der Waals surface area (Å²) >= 11 is 5.91. The number of nitrogens with one attached hydrogen (secondary N) is 1. The molecule has 0 saturated carbocycles. The van der Waals surface area contributed by atoms with Gasteiger partial charge in [-0.2, -0.15) is 8.78 Å². The molecule has 0 amide bonds. The maximum Gasteiger partial charge on any atom is 0.387 e. The second-order valence-electron chi connectivity index (χ2n) is 4.90. The summed E-state index contributed by atoms with van der Waals surface area (Å²) in [7, 11) is 0. The molecule has 2 N–H and O–H groups in total. The molecule has 2 rings (SSSR count). The average molecular weight is 329 g/mol. The lowest BCUT2D eigenvalue weighted by atomic mass is 9.96. The monoisotopic (exact) mass is 328 g/mol. The number of pyridine rings is 1. The van der Waals surface area contributed by atoms with E-state index < -0.39 is 12.2 Å². The molecule has 2 aromatic rings. The minimum absolute atomic E-state index is 0.0258. The number of aliphatic hydroxyl groups is 1. The van der Waals surface area contributed by atoms with Crippen LogP contribution < -0.4 is 10.1 Å². The highest BCUT2D eigenvalue weighted by molar-refractivity contribution is 6.30. The molecule has 0 saturated heterocycles. The van der Waals surface area contributed by atoms with E-state index in [1.54, 1.807) is 31.2 Å². The molecule has 118 valence electrons. The first-order chi connectivity index (χ1) is 10.4. The van der Waals surface area contributed by atoms with Crippen molar-refractivity contribution in [2.24, 2.45) is 0 Å². The van der Waals surface area contributed by atoms with Crippen LogP contribution in [0.25, 0.3) is 0 Å². The standard InChI is InChI=1S/C15H15ClF2N2O2/c1-15(21,10-3-2-4-11(16)7-10)9-20-13-6-5-12(8-19-13)22-14(17)18/h2-8,14,21H,9H2,1H3,(H,19,20). The summed E-state index contributed by atoms with van der Waals surface area (Å²) in [5, 5.41) is 13.9. The van der Waals surface area contributed by atoms with Gasteiger partial charge in [0.15, 0.2) is 0 Å². The number of nitrogens with zero attached hydrogens (tertiary/aromatic N) is 1. The average Bonchev–Trinajstić information content (AvgIpc) is 2.46. The number of ether oxygens (including phenoxy) is 1. The van der Waals surface area contributed by atoms with Crippen molar-refractivity contribution in [3.63, 3.8) is 0 Å². The van der Waals surface area contributed by atoms with Crippen LogP contribution in [0.5, 0.6) is 5.75 Å². The van der Waals surface area contributed by atoms with Gasteiger partial charge >= 0.3 is 6.61 Å². The van der Waals surface area contributed by atoms with Crippen molar-refractivity contribution in [2.75, 3.05) is 11.9 Å². The Hall–Kier alpha value is -1.92. The molecule has 1 unspecified atom stereocenters. The van der Waals surface area contributed by atoms with Crippen LogP contribution >= 0.6 is 11.6 Å². The van der Waals surface area contributed by atoms with Crippen LogP contribution in [0.15, 0.2) is 42.6 Å². The van der Waals surface area contributed by atoms with E-state index in [-0.39, 0.29) is 12.3 Å². The molecular formula is C15H15ClF2N2O2. The van der Waals surface area contributed by atoms with Gasteiger partial charge in [0.2, 0.25) is 0 Å². The van der Waals surface area contributed by atoms with Crippen LogP contribution in [-0.4, -0.2) is 23.2 Å². The van der Waals surface area contributed by atoms with Gasteiger partial charge in [-0.25, -0.2) is 4.98 Å². The summed E-state index contributed by atoms with van der Waals surface area (Å²) < 4.78 is 28.3. The minimum Gasteiger partial charge on any atom is -0.433 e. The fourth-order valence-corrected chi connectivity index (χ4v) is 2.04. The topological polar surface area (TPSA) is 54.4 Å². The number of anilines is 1. The van der Waals surface area contributed by atoms with E-state index in [4.69, 9.17) is 11.6 Å². The first kappa shape index (κ1) is 16.5. The zero-order chi connectivity index (χ0) is 16.2. The van der Waals surface area contributed by atoms with Crippen molar-refractivity contribution in [3.8, 4) is 5.75 Å². The Balaban J connectivity index is 1.99. The van der Waals surface area contributed by atoms with Crippen LogP contribution in [0.1, 0.15) is 12.5 Å². The fraction of sp³-hybridized carbons (Fsp3) is 0.267. The van der Waals surface area contributed by atoms with Gasteiger partial charge < -0.3 is 15.2 Å². The lowest BCUT2D eigenvalue weighted by Gasteiger charge is -2.24. The number of rotatable bonds is 6. The van der Waals surface area contributed by atoms with E-state index >= 15 is 0 Å². The van der Waals surface area contributed by atoms with E-state index in [1.807, 2.05) is 0 Å². The highest BCUT2D eigenvalue weighted by atomic mass is 35.5. The SMILES string of the molecule is CC(O)(CNc1ccc(OC(F)F)cn1)c1cccc(Cl)c1. The minimum atomic E-state index is -2.89. The fourth-order valence-electron chi connectivity index (χ4n) is 1.85. The number of benzene rings is 1. The van der Waals surface area contributed by atoms with Gasteiger partial charge in [0, 0.05) is 11.6 Å². The Morgan fingerprint density at radius 1 is 1.36 bits per heavy atom. The zero-order valence-corrected chi connectivity index (χ0v) is 12.5. The van der Waals surface area contributed by atoms with E-state index in [2.05, 4.69) is 15.0 Å². The Morgan fingerprint density at radius 2 is 2.14 bits per heavy atom. The summed E-state index contributed by atoms with van der Waals surface area (Å²) in [5.41, 5.74) is -0.504. The van der Waals surface area contributed by atoms with Gasteiger partial charge in [-0.3, -0.25) is 0 Å². The normalized spacial score (nSPS) is 13.7. The predicted molar refractivity (Wildman–Crippen MR) is 80.4 cm³/mol. The van der Waals surface area contributed by atoms with Gasteiger partial charge in [-0.05, 0) is 36.8 Å². The summed E-state index contributed by atoms with van der Waals surface area (Å²) in [6, 6.07) is 9.77. The Bertz CT molecular complexity index is 621. The lowest BCUT2D eigenvalue weighted by Crippen LogP contribution is -2.30. The van der Waals surface area contributed by atoms with Crippen molar-refractivity contribution in [1.29, 1.82) is 0 Å². The quantitative estimate of drug-likeness (QED) is 0.849. The molecule has 7 heteroatoms. The van der Waals surface area contributed by atoms with Gasteiger partial charge in [0.05, 0.1) is 6.20 Å². The molecule has 0 aliphatic carbocycles. The Kier molecular flexibility index (Phi) is 5.15. The van der Waals surface area contributed by atoms with Gasteiger partial charge in [0.1, 0.15) is 17.2 Å². The zero-order valence-electron chi connectivity index (χ0n) is 11.8. The number of hydrogen-bond donors (Lipinski definition) is 2. The Morgan fingerprint density at radius 3 is 2.73 bits per heavy atom. The predicted octanol–water partition coefficient (Wildman–Crippen LogP) is 3.66. The van der Waals surface area contributed by atoms with E-state index in [0.29, 0.717) is 16.4 Å². The van der Waals surface area contributed by atoms with Crippen molar-refractivity contribution in [3.05, 3.63) is 53.2 Å². The molecule has 0 bridgehead atoms. The van der Waals surface area contributed by atoms with Gasteiger partial charge in [-0.15, -0.1) is 0 Å².